The zero-order valence-corrected chi connectivity index (χ0v) is 18.2. The third-order valence-electron chi connectivity index (χ3n) is 6.79. The molecule has 0 aliphatic carbocycles. The molecule has 2 aliphatic rings. The SMILES string of the molecule is Cc1c[nH]c2ncc(-c3cc4c(c([C@@H]5CCCN5C(=O)O)c3)CN(CC(F)(F)F)CC4)cc12. The molecule has 0 unspecified atom stereocenters. The first-order valence-corrected chi connectivity index (χ1v) is 11.1. The summed E-state index contributed by atoms with van der Waals surface area (Å²) in [5.74, 6) is 0. The molecule has 1 amide bonds. The van der Waals surface area contributed by atoms with Crippen molar-refractivity contribution in [1.82, 2.24) is 19.8 Å². The van der Waals surface area contributed by atoms with Crippen LogP contribution >= 0.6 is 0 Å². The molecular formula is C24H25F3N4O2. The van der Waals surface area contributed by atoms with Crippen LogP contribution in [0.1, 0.15) is 41.1 Å². The summed E-state index contributed by atoms with van der Waals surface area (Å²) >= 11 is 0. The van der Waals surface area contributed by atoms with Gasteiger partial charge in [0, 0.05) is 43.0 Å². The summed E-state index contributed by atoms with van der Waals surface area (Å²) in [5.41, 5.74) is 6.34. The van der Waals surface area contributed by atoms with E-state index >= 15 is 0 Å². The van der Waals surface area contributed by atoms with Crippen LogP contribution in [0.15, 0.2) is 30.6 Å². The predicted octanol–water partition coefficient (Wildman–Crippen LogP) is 5.27. The van der Waals surface area contributed by atoms with Crippen molar-refractivity contribution < 1.29 is 23.1 Å². The monoisotopic (exact) mass is 458 g/mol. The lowest BCUT2D eigenvalue weighted by Crippen LogP contribution is -2.39. The topological polar surface area (TPSA) is 72.5 Å². The maximum atomic E-state index is 13.1. The minimum Gasteiger partial charge on any atom is -0.465 e. The van der Waals surface area contributed by atoms with Gasteiger partial charge in [0.25, 0.3) is 0 Å². The molecule has 5 rings (SSSR count). The molecule has 0 bridgehead atoms. The lowest BCUT2D eigenvalue weighted by molar-refractivity contribution is -0.147. The highest BCUT2D eigenvalue weighted by atomic mass is 19.4. The molecule has 1 atom stereocenters. The summed E-state index contributed by atoms with van der Waals surface area (Å²) < 4.78 is 39.2. The number of rotatable bonds is 3. The average Bonchev–Trinajstić information content (AvgIpc) is 3.39. The molecule has 9 heteroatoms. The van der Waals surface area contributed by atoms with Gasteiger partial charge in [0.2, 0.25) is 0 Å². The van der Waals surface area contributed by atoms with Gasteiger partial charge in [-0.3, -0.25) is 4.90 Å². The van der Waals surface area contributed by atoms with E-state index in [-0.39, 0.29) is 12.6 Å². The van der Waals surface area contributed by atoms with Gasteiger partial charge in [-0.05, 0) is 66.1 Å². The number of aromatic nitrogens is 2. The summed E-state index contributed by atoms with van der Waals surface area (Å²) in [5, 5.41) is 10.7. The molecule has 1 aromatic carbocycles. The van der Waals surface area contributed by atoms with Crippen molar-refractivity contribution in [1.29, 1.82) is 0 Å². The lowest BCUT2D eigenvalue weighted by atomic mass is 9.86. The van der Waals surface area contributed by atoms with E-state index in [0.29, 0.717) is 25.9 Å². The summed E-state index contributed by atoms with van der Waals surface area (Å²) in [7, 11) is 0. The van der Waals surface area contributed by atoms with Gasteiger partial charge >= 0.3 is 12.3 Å². The molecule has 2 aliphatic heterocycles. The second kappa shape index (κ2) is 8.06. The van der Waals surface area contributed by atoms with Crippen molar-refractivity contribution in [2.24, 2.45) is 0 Å². The van der Waals surface area contributed by atoms with Crippen molar-refractivity contribution in [3.8, 4) is 11.1 Å². The number of carboxylic acid groups (broad SMARTS) is 1. The summed E-state index contributed by atoms with van der Waals surface area (Å²) in [4.78, 5) is 22.3. The number of hydrogen-bond donors (Lipinski definition) is 2. The van der Waals surface area contributed by atoms with E-state index in [1.807, 2.05) is 25.3 Å². The minimum atomic E-state index is -4.27. The fraction of sp³-hybridized carbons (Fsp3) is 0.417. The van der Waals surface area contributed by atoms with Gasteiger partial charge in [-0.25, -0.2) is 9.78 Å². The molecule has 174 valence electrons. The molecule has 2 aromatic heterocycles. The first-order chi connectivity index (χ1) is 15.7. The van der Waals surface area contributed by atoms with Crippen LogP contribution in [0.25, 0.3) is 22.2 Å². The van der Waals surface area contributed by atoms with Crippen LogP contribution in [0.2, 0.25) is 0 Å². The molecule has 1 fully saturated rings. The van der Waals surface area contributed by atoms with Gasteiger partial charge in [-0.15, -0.1) is 0 Å². The number of halogens is 3. The molecule has 4 heterocycles. The number of fused-ring (bicyclic) bond motifs is 2. The number of nitrogens with zero attached hydrogens (tertiary/aromatic N) is 3. The fourth-order valence-electron chi connectivity index (χ4n) is 5.22. The van der Waals surface area contributed by atoms with E-state index < -0.39 is 18.8 Å². The van der Waals surface area contributed by atoms with E-state index in [1.165, 1.54) is 9.80 Å². The van der Waals surface area contributed by atoms with Gasteiger partial charge in [0.15, 0.2) is 0 Å². The van der Waals surface area contributed by atoms with E-state index in [0.717, 1.165) is 50.8 Å². The number of nitrogens with one attached hydrogen (secondary N) is 1. The maximum Gasteiger partial charge on any atom is 0.407 e. The van der Waals surface area contributed by atoms with Crippen molar-refractivity contribution >= 4 is 17.1 Å². The van der Waals surface area contributed by atoms with Crippen LogP contribution in [0, 0.1) is 6.92 Å². The van der Waals surface area contributed by atoms with E-state index in [9.17, 15) is 23.1 Å². The molecule has 1 saturated heterocycles. The second-order valence-electron chi connectivity index (χ2n) is 9.00. The fourth-order valence-corrected chi connectivity index (χ4v) is 5.22. The number of amides is 1. The number of benzene rings is 1. The van der Waals surface area contributed by atoms with Gasteiger partial charge in [0.05, 0.1) is 12.6 Å². The molecular weight excluding hydrogens is 433 g/mol. The Bertz CT molecular complexity index is 1220. The zero-order chi connectivity index (χ0) is 23.3. The summed E-state index contributed by atoms with van der Waals surface area (Å²) in [6.07, 6.45) is 0.308. The number of aromatic amines is 1. The minimum absolute atomic E-state index is 0.169. The molecule has 0 saturated carbocycles. The first kappa shape index (κ1) is 21.8. The number of aryl methyl sites for hydroxylation is 1. The molecule has 2 N–H and O–H groups in total. The predicted molar refractivity (Wildman–Crippen MR) is 118 cm³/mol. The number of alkyl halides is 3. The molecule has 6 nitrogen and oxygen atoms in total. The lowest BCUT2D eigenvalue weighted by Gasteiger charge is -2.34. The number of hydrogen-bond acceptors (Lipinski definition) is 3. The Labute approximate surface area is 189 Å². The normalized spacial score (nSPS) is 19.3. The molecule has 3 aromatic rings. The Kier molecular flexibility index (Phi) is 5.31. The van der Waals surface area contributed by atoms with Crippen LogP contribution in [0.4, 0.5) is 18.0 Å². The first-order valence-electron chi connectivity index (χ1n) is 11.1. The average molecular weight is 458 g/mol. The van der Waals surface area contributed by atoms with Gasteiger partial charge in [0.1, 0.15) is 5.65 Å². The van der Waals surface area contributed by atoms with Gasteiger partial charge in [-0.1, -0.05) is 6.07 Å². The highest BCUT2D eigenvalue weighted by Crippen LogP contribution is 2.40. The Morgan fingerprint density at radius 3 is 2.82 bits per heavy atom. The highest BCUT2D eigenvalue weighted by molar-refractivity contribution is 5.84. The maximum absolute atomic E-state index is 13.1. The second-order valence-corrected chi connectivity index (χ2v) is 9.00. The third-order valence-corrected chi connectivity index (χ3v) is 6.79. The quantitative estimate of drug-likeness (QED) is 0.561. The van der Waals surface area contributed by atoms with E-state index in [1.54, 1.807) is 6.20 Å². The Balaban J connectivity index is 1.61. The van der Waals surface area contributed by atoms with Crippen LogP contribution in [-0.4, -0.2) is 56.8 Å². The number of pyridine rings is 1. The zero-order valence-electron chi connectivity index (χ0n) is 18.2. The van der Waals surface area contributed by atoms with Crippen LogP contribution in [0.5, 0.6) is 0 Å². The van der Waals surface area contributed by atoms with Crippen molar-refractivity contribution in [2.75, 3.05) is 19.6 Å². The Morgan fingerprint density at radius 1 is 1.24 bits per heavy atom. The molecule has 33 heavy (non-hydrogen) atoms. The van der Waals surface area contributed by atoms with Crippen LogP contribution in [0.3, 0.4) is 0 Å². The van der Waals surface area contributed by atoms with Crippen LogP contribution in [-0.2, 0) is 13.0 Å². The standard InChI is InChI=1S/C24H25F3N4O2/c1-14-10-28-22-18(14)9-17(11-29-22)16-7-15-4-6-30(13-24(25,26)27)12-20(15)19(8-16)21-3-2-5-31(21)23(32)33/h7-11,21H,2-6,12-13H2,1H3,(H,28,29)(H,32,33)/t21-/m0/s1. The van der Waals surface area contributed by atoms with Crippen molar-refractivity contribution in [3.63, 3.8) is 0 Å². The van der Waals surface area contributed by atoms with Crippen molar-refractivity contribution in [3.05, 3.63) is 52.8 Å². The summed E-state index contributed by atoms with van der Waals surface area (Å²) in [6, 6.07) is 5.70. The van der Waals surface area contributed by atoms with E-state index in [2.05, 4.69) is 16.0 Å². The van der Waals surface area contributed by atoms with E-state index in [4.69, 9.17) is 0 Å². The Hall–Kier alpha value is -3.07. The van der Waals surface area contributed by atoms with Crippen LogP contribution < -0.4 is 0 Å². The number of H-pyrrole nitrogens is 1. The number of carbonyl (C=O) groups is 1. The van der Waals surface area contributed by atoms with Crippen molar-refractivity contribution in [2.45, 2.75) is 44.9 Å². The third kappa shape index (κ3) is 4.17. The van der Waals surface area contributed by atoms with Gasteiger partial charge in [-0.2, -0.15) is 13.2 Å². The Morgan fingerprint density at radius 2 is 2.06 bits per heavy atom. The van der Waals surface area contributed by atoms with Gasteiger partial charge < -0.3 is 15.0 Å². The largest absolute Gasteiger partial charge is 0.465 e. The molecule has 0 spiro atoms. The highest BCUT2D eigenvalue weighted by Gasteiger charge is 2.36. The molecule has 0 radical (unpaired) electrons. The smallest absolute Gasteiger partial charge is 0.407 e. The summed E-state index contributed by atoms with van der Waals surface area (Å²) in [6.45, 7) is 1.95. The number of likely N-dealkylation sites (tertiary alicyclic amines) is 1.